The standard InChI is InChI=1S/C16H17ClN2O5S2/c17-12-3-5-14(6-4-12)26(22,23)19-8-7-16(21)24-11-15(20)18-10-13-2-1-9-25-13/h1-6,9,19H,7-8,10-11H2,(H,18,20). The highest BCUT2D eigenvalue weighted by molar-refractivity contribution is 7.89. The number of halogens is 1. The van der Waals surface area contributed by atoms with Gasteiger partial charge in [-0.05, 0) is 35.7 Å². The SMILES string of the molecule is O=C(COC(=O)CCNS(=O)(=O)c1ccc(Cl)cc1)NCc1cccs1. The number of hydrogen-bond acceptors (Lipinski definition) is 6. The lowest BCUT2D eigenvalue weighted by atomic mass is 10.4. The van der Waals surface area contributed by atoms with Gasteiger partial charge in [-0.25, -0.2) is 13.1 Å². The van der Waals surface area contributed by atoms with Crippen LogP contribution in [-0.2, 0) is 30.9 Å². The van der Waals surface area contributed by atoms with Crippen LogP contribution >= 0.6 is 22.9 Å². The van der Waals surface area contributed by atoms with Crippen LogP contribution in [0.2, 0.25) is 5.02 Å². The Labute approximate surface area is 160 Å². The van der Waals surface area contributed by atoms with Crippen molar-refractivity contribution in [3.8, 4) is 0 Å². The average molecular weight is 417 g/mol. The molecule has 0 unspecified atom stereocenters. The molecule has 0 aliphatic rings. The van der Waals surface area contributed by atoms with E-state index in [2.05, 4.69) is 10.0 Å². The molecule has 0 fully saturated rings. The molecule has 0 bridgehead atoms. The van der Waals surface area contributed by atoms with Crippen molar-refractivity contribution in [2.45, 2.75) is 17.9 Å². The van der Waals surface area contributed by atoms with Gasteiger partial charge in [-0.3, -0.25) is 9.59 Å². The molecule has 0 saturated heterocycles. The molecule has 2 rings (SSSR count). The van der Waals surface area contributed by atoms with E-state index >= 15 is 0 Å². The Bertz CT molecular complexity index is 836. The van der Waals surface area contributed by atoms with E-state index in [1.807, 2.05) is 17.5 Å². The topological polar surface area (TPSA) is 102 Å². The van der Waals surface area contributed by atoms with Gasteiger partial charge in [-0.1, -0.05) is 17.7 Å². The van der Waals surface area contributed by atoms with Gasteiger partial charge < -0.3 is 10.1 Å². The summed E-state index contributed by atoms with van der Waals surface area (Å²) in [7, 11) is -3.73. The minimum Gasteiger partial charge on any atom is -0.456 e. The third-order valence-electron chi connectivity index (χ3n) is 3.15. The quantitative estimate of drug-likeness (QED) is 0.608. The third kappa shape index (κ3) is 6.75. The predicted octanol–water partition coefficient (Wildman–Crippen LogP) is 1.93. The van der Waals surface area contributed by atoms with Crippen LogP contribution in [0.1, 0.15) is 11.3 Å². The summed E-state index contributed by atoms with van der Waals surface area (Å²) in [5.41, 5.74) is 0. The number of thiophene rings is 1. The van der Waals surface area contributed by atoms with Gasteiger partial charge >= 0.3 is 5.97 Å². The van der Waals surface area contributed by atoms with E-state index in [0.29, 0.717) is 11.6 Å². The maximum atomic E-state index is 12.0. The second kappa shape index (κ2) is 9.67. The number of carbonyl (C=O) groups excluding carboxylic acids is 2. The van der Waals surface area contributed by atoms with E-state index in [4.69, 9.17) is 16.3 Å². The van der Waals surface area contributed by atoms with Crippen molar-refractivity contribution < 1.29 is 22.7 Å². The Balaban J connectivity index is 1.66. The first-order valence-corrected chi connectivity index (χ1v) is 10.3. The van der Waals surface area contributed by atoms with E-state index in [1.165, 1.54) is 35.6 Å². The molecule has 7 nitrogen and oxygen atoms in total. The molecule has 2 N–H and O–H groups in total. The first kappa shape index (κ1) is 20.4. The van der Waals surface area contributed by atoms with Crippen molar-refractivity contribution >= 4 is 44.8 Å². The minimum absolute atomic E-state index is 0.0447. The monoisotopic (exact) mass is 416 g/mol. The van der Waals surface area contributed by atoms with Crippen molar-refractivity contribution in [2.75, 3.05) is 13.2 Å². The first-order chi connectivity index (χ1) is 12.4. The molecule has 0 aliphatic heterocycles. The normalized spacial score (nSPS) is 11.1. The molecule has 2 aromatic rings. The first-order valence-electron chi connectivity index (χ1n) is 7.57. The summed E-state index contributed by atoms with van der Waals surface area (Å²) < 4.78 is 31.1. The fourth-order valence-corrected chi connectivity index (χ4v) is 3.66. The van der Waals surface area contributed by atoms with Crippen LogP contribution in [0, 0.1) is 0 Å². The van der Waals surface area contributed by atoms with Crippen molar-refractivity contribution in [2.24, 2.45) is 0 Å². The molecule has 0 atom stereocenters. The van der Waals surface area contributed by atoms with Crippen LogP contribution in [0.15, 0.2) is 46.7 Å². The van der Waals surface area contributed by atoms with Gasteiger partial charge in [-0.2, -0.15) is 0 Å². The van der Waals surface area contributed by atoms with Crippen LogP contribution in [0.5, 0.6) is 0 Å². The second-order valence-electron chi connectivity index (χ2n) is 5.12. The summed E-state index contributed by atoms with van der Waals surface area (Å²) >= 11 is 7.22. The predicted molar refractivity (Wildman–Crippen MR) is 98.4 cm³/mol. The van der Waals surface area contributed by atoms with Gasteiger partial charge in [0.15, 0.2) is 6.61 Å². The Morgan fingerprint density at radius 3 is 2.54 bits per heavy atom. The number of benzene rings is 1. The van der Waals surface area contributed by atoms with E-state index in [-0.39, 0.29) is 17.9 Å². The molecule has 1 heterocycles. The lowest BCUT2D eigenvalue weighted by Gasteiger charge is -2.08. The number of sulfonamides is 1. The molecule has 10 heteroatoms. The summed E-state index contributed by atoms with van der Waals surface area (Å²) in [5.74, 6) is -1.09. The fraction of sp³-hybridized carbons (Fsp3) is 0.250. The largest absolute Gasteiger partial charge is 0.456 e. The summed E-state index contributed by atoms with van der Waals surface area (Å²) in [6.07, 6.45) is -0.189. The second-order valence-corrected chi connectivity index (χ2v) is 8.35. The Morgan fingerprint density at radius 2 is 1.88 bits per heavy atom. The summed E-state index contributed by atoms with van der Waals surface area (Å²) in [6, 6.07) is 9.39. The molecule has 1 aromatic carbocycles. The maximum absolute atomic E-state index is 12.0. The number of esters is 1. The van der Waals surface area contributed by atoms with E-state index in [9.17, 15) is 18.0 Å². The van der Waals surface area contributed by atoms with Gasteiger partial charge in [0, 0.05) is 16.4 Å². The van der Waals surface area contributed by atoms with Crippen LogP contribution in [0.3, 0.4) is 0 Å². The number of carbonyl (C=O) groups is 2. The lowest BCUT2D eigenvalue weighted by molar-refractivity contribution is -0.148. The molecule has 0 saturated carbocycles. The molecule has 26 heavy (non-hydrogen) atoms. The van der Waals surface area contributed by atoms with Crippen LogP contribution in [-0.4, -0.2) is 33.4 Å². The highest BCUT2D eigenvalue weighted by Gasteiger charge is 2.15. The smallest absolute Gasteiger partial charge is 0.307 e. The zero-order chi connectivity index (χ0) is 19.0. The zero-order valence-corrected chi connectivity index (χ0v) is 16.0. The van der Waals surface area contributed by atoms with E-state index < -0.39 is 28.5 Å². The van der Waals surface area contributed by atoms with Crippen molar-refractivity contribution in [1.29, 1.82) is 0 Å². The van der Waals surface area contributed by atoms with Gasteiger partial charge in [0.1, 0.15) is 0 Å². The van der Waals surface area contributed by atoms with Gasteiger partial charge in [0.25, 0.3) is 5.91 Å². The fourth-order valence-electron chi connectivity index (χ4n) is 1.85. The Morgan fingerprint density at radius 1 is 1.15 bits per heavy atom. The third-order valence-corrected chi connectivity index (χ3v) is 5.75. The number of ether oxygens (including phenoxy) is 1. The average Bonchev–Trinajstić information content (AvgIpc) is 3.12. The Kier molecular flexibility index (Phi) is 7.58. The molecule has 0 spiro atoms. The van der Waals surface area contributed by atoms with Crippen molar-refractivity contribution in [3.63, 3.8) is 0 Å². The van der Waals surface area contributed by atoms with Gasteiger partial charge in [-0.15, -0.1) is 11.3 Å². The summed E-state index contributed by atoms with van der Waals surface area (Å²) in [6.45, 7) is -0.177. The Hall–Kier alpha value is -1.94. The summed E-state index contributed by atoms with van der Waals surface area (Å²) in [4.78, 5) is 24.2. The van der Waals surface area contributed by atoms with Crippen LogP contribution in [0.25, 0.3) is 0 Å². The number of nitrogens with one attached hydrogen (secondary N) is 2. The van der Waals surface area contributed by atoms with E-state index in [0.717, 1.165) is 4.88 Å². The molecule has 0 radical (unpaired) electrons. The number of amides is 1. The minimum atomic E-state index is -3.73. The highest BCUT2D eigenvalue weighted by atomic mass is 35.5. The molecule has 140 valence electrons. The van der Waals surface area contributed by atoms with Crippen LogP contribution < -0.4 is 10.0 Å². The van der Waals surface area contributed by atoms with Crippen molar-refractivity contribution in [1.82, 2.24) is 10.0 Å². The molecular formula is C16H17ClN2O5S2. The molecule has 0 aliphatic carbocycles. The van der Waals surface area contributed by atoms with Crippen molar-refractivity contribution in [3.05, 3.63) is 51.7 Å². The molecular weight excluding hydrogens is 400 g/mol. The lowest BCUT2D eigenvalue weighted by Crippen LogP contribution is -2.30. The summed E-state index contributed by atoms with van der Waals surface area (Å²) in [5, 5.41) is 4.94. The number of rotatable bonds is 9. The molecule has 1 aromatic heterocycles. The zero-order valence-electron chi connectivity index (χ0n) is 13.6. The van der Waals surface area contributed by atoms with Gasteiger partial charge in [0.05, 0.1) is 17.9 Å². The van der Waals surface area contributed by atoms with E-state index in [1.54, 1.807) is 0 Å². The maximum Gasteiger partial charge on any atom is 0.307 e. The highest BCUT2D eigenvalue weighted by Crippen LogP contribution is 2.13. The van der Waals surface area contributed by atoms with Gasteiger partial charge in [0.2, 0.25) is 10.0 Å². The van der Waals surface area contributed by atoms with Crippen LogP contribution in [0.4, 0.5) is 0 Å². The number of hydrogen-bond donors (Lipinski definition) is 2. The molecule has 1 amide bonds.